The van der Waals surface area contributed by atoms with Crippen LogP contribution in [0, 0.1) is 17.3 Å². The van der Waals surface area contributed by atoms with Crippen LogP contribution in [-0.2, 0) is 9.59 Å². The molecule has 1 N–H and O–H groups in total. The molecule has 5 heteroatoms. The molecule has 2 aliphatic rings. The molecule has 102 valence electrons. The summed E-state index contributed by atoms with van der Waals surface area (Å²) < 4.78 is 0. The third kappa shape index (κ3) is 2.00. The third-order valence-corrected chi connectivity index (χ3v) is 4.47. The van der Waals surface area contributed by atoms with E-state index in [0.29, 0.717) is 6.54 Å². The highest BCUT2D eigenvalue weighted by molar-refractivity contribution is 5.91. The summed E-state index contributed by atoms with van der Waals surface area (Å²) in [5.41, 5.74) is -0.397. The van der Waals surface area contributed by atoms with Gasteiger partial charge in [-0.2, -0.15) is 0 Å². The van der Waals surface area contributed by atoms with E-state index >= 15 is 0 Å². The number of piperazine rings is 1. The lowest BCUT2D eigenvalue weighted by Crippen LogP contribution is -2.53. The van der Waals surface area contributed by atoms with Crippen molar-refractivity contribution >= 4 is 11.9 Å². The molecule has 3 atom stereocenters. The molecule has 1 aliphatic carbocycles. The van der Waals surface area contributed by atoms with E-state index in [1.807, 2.05) is 32.7 Å². The van der Waals surface area contributed by atoms with Gasteiger partial charge in [-0.25, -0.2) is 0 Å². The zero-order chi connectivity index (χ0) is 13.7. The minimum atomic E-state index is -0.847. The standard InChI is InChI=1S/C13H22N2O3/c1-8-7-14(4)5-6-15(8)11(16)9-10(12(17)18)13(9,2)3/h8-10H,5-7H2,1-4H3,(H,17,18). The quantitative estimate of drug-likeness (QED) is 0.780. The monoisotopic (exact) mass is 254 g/mol. The van der Waals surface area contributed by atoms with Crippen molar-refractivity contribution < 1.29 is 14.7 Å². The lowest BCUT2D eigenvalue weighted by Gasteiger charge is -2.38. The van der Waals surface area contributed by atoms with Crippen LogP contribution >= 0.6 is 0 Å². The third-order valence-electron chi connectivity index (χ3n) is 4.47. The Bertz CT molecular complexity index is 380. The van der Waals surface area contributed by atoms with Crippen molar-refractivity contribution in [3.63, 3.8) is 0 Å². The molecule has 0 aromatic carbocycles. The van der Waals surface area contributed by atoms with Crippen LogP contribution in [0.25, 0.3) is 0 Å². The van der Waals surface area contributed by atoms with E-state index in [9.17, 15) is 9.59 Å². The van der Waals surface area contributed by atoms with Crippen LogP contribution in [0.2, 0.25) is 0 Å². The van der Waals surface area contributed by atoms with E-state index in [4.69, 9.17) is 5.11 Å². The number of nitrogens with zero attached hydrogens (tertiary/aromatic N) is 2. The number of hydrogen-bond acceptors (Lipinski definition) is 3. The average molecular weight is 254 g/mol. The number of hydrogen-bond donors (Lipinski definition) is 1. The molecule has 1 saturated carbocycles. The maximum Gasteiger partial charge on any atom is 0.307 e. The van der Waals surface area contributed by atoms with Gasteiger partial charge in [0, 0.05) is 25.7 Å². The molecule has 0 radical (unpaired) electrons. The summed E-state index contributed by atoms with van der Waals surface area (Å²) in [6.07, 6.45) is 0. The van der Waals surface area contributed by atoms with Crippen LogP contribution in [0.5, 0.6) is 0 Å². The van der Waals surface area contributed by atoms with Gasteiger partial charge in [0.15, 0.2) is 0 Å². The molecule has 3 unspecified atom stereocenters. The molecule has 2 rings (SSSR count). The summed E-state index contributed by atoms with van der Waals surface area (Å²) in [7, 11) is 2.04. The fourth-order valence-corrected chi connectivity index (χ4v) is 3.21. The Kier molecular flexibility index (Phi) is 3.13. The molecule has 1 aliphatic heterocycles. The van der Waals surface area contributed by atoms with Crippen LogP contribution < -0.4 is 0 Å². The fourth-order valence-electron chi connectivity index (χ4n) is 3.21. The van der Waals surface area contributed by atoms with Crippen molar-refractivity contribution in [1.29, 1.82) is 0 Å². The number of carbonyl (C=O) groups is 2. The van der Waals surface area contributed by atoms with E-state index in [-0.39, 0.29) is 17.9 Å². The van der Waals surface area contributed by atoms with Crippen LogP contribution in [0.1, 0.15) is 20.8 Å². The minimum Gasteiger partial charge on any atom is -0.481 e. The van der Waals surface area contributed by atoms with E-state index < -0.39 is 17.3 Å². The maximum absolute atomic E-state index is 12.5. The van der Waals surface area contributed by atoms with Gasteiger partial charge in [0.1, 0.15) is 0 Å². The van der Waals surface area contributed by atoms with Crippen molar-refractivity contribution in [2.45, 2.75) is 26.8 Å². The predicted molar refractivity (Wildman–Crippen MR) is 67.1 cm³/mol. The number of aliphatic carboxylic acids is 1. The molecule has 0 spiro atoms. The smallest absolute Gasteiger partial charge is 0.307 e. The first-order valence-electron chi connectivity index (χ1n) is 6.48. The Labute approximate surface area is 108 Å². The topological polar surface area (TPSA) is 60.9 Å². The number of carboxylic acid groups (broad SMARTS) is 1. The highest BCUT2D eigenvalue weighted by atomic mass is 16.4. The molecule has 2 fully saturated rings. The van der Waals surface area contributed by atoms with E-state index in [1.165, 1.54) is 0 Å². The molecule has 0 aromatic rings. The number of carbonyl (C=O) groups excluding carboxylic acids is 1. The predicted octanol–water partition coefficient (Wildman–Crippen LogP) is 0.506. The van der Waals surface area contributed by atoms with Gasteiger partial charge in [-0.3, -0.25) is 9.59 Å². The molecular weight excluding hydrogens is 232 g/mol. The van der Waals surface area contributed by atoms with Gasteiger partial charge in [0.25, 0.3) is 0 Å². The first kappa shape index (κ1) is 13.3. The second-order valence-corrected chi connectivity index (χ2v) is 6.26. The molecule has 0 aromatic heterocycles. The van der Waals surface area contributed by atoms with E-state index in [2.05, 4.69) is 4.90 Å². The molecule has 1 saturated heterocycles. The van der Waals surface area contributed by atoms with Crippen molar-refractivity contribution in [3.05, 3.63) is 0 Å². The van der Waals surface area contributed by atoms with Gasteiger partial charge in [0.05, 0.1) is 11.8 Å². The molecular formula is C13H22N2O3. The molecule has 18 heavy (non-hydrogen) atoms. The second-order valence-electron chi connectivity index (χ2n) is 6.26. The van der Waals surface area contributed by atoms with Crippen molar-refractivity contribution in [3.8, 4) is 0 Å². The summed E-state index contributed by atoms with van der Waals surface area (Å²) in [6, 6.07) is 0.169. The number of amides is 1. The van der Waals surface area contributed by atoms with Gasteiger partial charge >= 0.3 is 5.97 Å². The summed E-state index contributed by atoms with van der Waals surface area (Å²) in [6.45, 7) is 8.19. The number of rotatable bonds is 2. The molecule has 1 amide bonds. The normalized spacial score (nSPS) is 35.3. The first-order chi connectivity index (χ1) is 8.26. The van der Waals surface area contributed by atoms with Gasteiger partial charge in [-0.05, 0) is 19.4 Å². The van der Waals surface area contributed by atoms with E-state index in [1.54, 1.807) is 0 Å². The largest absolute Gasteiger partial charge is 0.481 e. The Hall–Kier alpha value is -1.10. The highest BCUT2D eigenvalue weighted by Crippen LogP contribution is 2.59. The van der Waals surface area contributed by atoms with Crippen LogP contribution in [0.4, 0.5) is 0 Å². The van der Waals surface area contributed by atoms with Crippen molar-refractivity contribution in [1.82, 2.24) is 9.80 Å². The fraction of sp³-hybridized carbons (Fsp3) is 0.846. The highest BCUT2D eigenvalue weighted by Gasteiger charge is 2.66. The number of carboxylic acids is 1. The SMILES string of the molecule is CC1CN(C)CCN1C(=O)C1C(C(=O)O)C1(C)C. The Balaban J connectivity index is 2.07. The zero-order valence-electron chi connectivity index (χ0n) is 11.5. The minimum absolute atomic E-state index is 0.0213. The summed E-state index contributed by atoms with van der Waals surface area (Å²) in [5.74, 6) is -1.69. The molecule has 1 heterocycles. The second kappa shape index (κ2) is 4.23. The number of likely N-dealkylation sites (N-methyl/N-ethyl adjacent to an activating group) is 1. The van der Waals surface area contributed by atoms with Gasteiger partial charge in [0.2, 0.25) is 5.91 Å². The Morgan fingerprint density at radius 2 is 1.83 bits per heavy atom. The molecule has 5 nitrogen and oxygen atoms in total. The van der Waals surface area contributed by atoms with Crippen molar-refractivity contribution in [2.24, 2.45) is 17.3 Å². The van der Waals surface area contributed by atoms with E-state index in [0.717, 1.165) is 13.1 Å². The summed E-state index contributed by atoms with van der Waals surface area (Å²) >= 11 is 0. The van der Waals surface area contributed by atoms with Crippen LogP contribution in [-0.4, -0.2) is 59.5 Å². The van der Waals surface area contributed by atoms with Crippen LogP contribution in [0.15, 0.2) is 0 Å². The zero-order valence-corrected chi connectivity index (χ0v) is 11.5. The Morgan fingerprint density at radius 1 is 1.22 bits per heavy atom. The maximum atomic E-state index is 12.5. The Morgan fingerprint density at radius 3 is 2.28 bits per heavy atom. The lowest BCUT2D eigenvalue weighted by atomic mass is 10.1. The lowest BCUT2D eigenvalue weighted by molar-refractivity contribution is -0.143. The van der Waals surface area contributed by atoms with Gasteiger partial charge in [-0.1, -0.05) is 13.8 Å². The first-order valence-corrected chi connectivity index (χ1v) is 6.48. The average Bonchev–Trinajstić information content (AvgIpc) is 2.81. The van der Waals surface area contributed by atoms with Crippen LogP contribution in [0.3, 0.4) is 0 Å². The summed E-state index contributed by atoms with van der Waals surface area (Å²) in [4.78, 5) is 27.6. The van der Waals surface area contributed by atoms with Gasteiger partial charge in [-0.15, -0.1) is 0 Å². The summed E-state index contributed by atoms with van der Waals surface area (Å²) in [5, 5.41) is 9.14. The van der Waals surface area contributed by atoms with Crippen molar-refractivity contribution in [2.75, 3.05) is 26.7 Å². The van der Waals surface area contributed by atoms with Gasteiger partial charge < -0.3 is 14.9 Å². The molecule has 0 bridgehead atoms.